The lowest BCUT2D eigenvalue weighted by Gasteiger charge is -2.27. The molecule has 2 heterocycles. The van der Waals surface area contributed by atoms with E-state index >= 15 is 0 Å². The Kier molecular flexibility index (Phi) is 8.18. The van der Waals surface area contributed by atoms with Crippen molar-refractivity contribution in [3.63, 3.8) is 0 Å². The number of carbonyl (C=O) groups is 2. The van der Waals surface area contributed by atoms with E-state index in [-0.39, 0.29) is 18.4 Å². The minimum atomic E-state index is -0.262. The van der Waals surface area contributed by atoms with Gasteiger partial charge in [-0.25, -0.2) is 0 Å². The highest BCUT2D eigenvalue weighted by Gasteiger charge is 2.25. The van der Waals surface area contributed by atoms with E-state index in [1.165, 1.54) is 7.11 Å². The van der Waals surface area contributed by atoms with Gasteiger partial charge >= 0.3 is 0 Å². The third-order valence-electron chi connectivity index (χ3n) is 5.43. The molecule has 176 valence electrons. The van der Waals surface area contributed by atoms with Crippen LogP contribution in [0.15, 0.2) is 59.3 Å². The molecule has 3 aromatic rings. The summed E-state index contributed by atoms with van der Waals surface area (Å²) in [5.41, 5.74) is 1.37. The van der Waals surface area contributed by atoms with Crippen molar-refractivity contribution < 1.29 is 23.5 Å². The van der Waals surface area contributed by atoms with Crippen molar-refractivity contribution in [2.75, 3.05) is 27.3 Å². The van der Waals surface area contributed by atoms with Gasteiger partial charge in [-0.3, -0.25) is 9.59 Å². The monoisotopic (exact) mass is 453 g/mol. The number of hydrogen-bond acceptors (Lipinski definition) is 5. The minimum Gasteiger partial charge on any atom is -0.497 e. The third kappa shape index (κ3) is 5.97. The first-order chi connectivity index (χ1) is 16.0. The van der Waals surface area contributed by atoms with Gasteiger partial charge in [-0.05, 0) is 42.8 Å². The average molecular weight is 454 g/mol. The lowest BCUT2D eigenvalue weighted by molar-refractivity contribution is -0.133. The molecule has 0 spiro atoms. The van der Waals surface area contributed by atoms with Crippen LogP contribution in [0.1, 0.15) is 35.2 Å². The molecule has 0 unspecified atom stereocenters. The van der Waals surface area contributed by atoms with Gasteiger partial charge in [0.2, 0.25) is 5.91 Å². The van der Waals surface area contributed by atoms with Crippen LogP contribution in [0.2, 0.25) is 0 Å². The molecule has 2 aromatic heterocycles. The molecule has 33 heavy (non-hydrogen) atoms. The number of ether oxygens (including phenoxy) is 2. The Labute approximate surface area is 194 Å². The van der Waals surface area contributed by atoms with Gasteiger partial charge in [0.15, 0.2) is 0 Å². The second-order valence-electron chi connectivity index (χ2n) is 7.73. The highest BCUT2D eigenvalue weighted by atomic mass is 16.5. The van der Waals surface area contributed by atoms with Crippen LogP contribution in [-0.4, -0.2) is 53.5 Å². The molecule has 0 N–H and O–H groups in total. The van der Waals surface area contributed by atoms with E-state index in [1.54, 1.807) is 47.4 Å². The molecular formula is C25H31N3O5. The Morgan fingerprint density at radius 3 is 2.45 bits per heavy atom. The highest BCUT2D eigenvalue weighted by molar-refractivity contribution is 5.99. The standard InChI is InChI=1S/C25H31N3O5/c1-5-12-27(25(30)22-11-10-20(31-3)15-23(22)32-4)18-24(29)28(17-21-9-7-14-33-21)16-19-8-6-13-26(19)2/h6-11,13-15H,5,12,16-18H2,1-4H3. The zero-order valence-corrected chi connectivity index (χ0v) is 19.6. The fraction of sp³-hybridized carbons (Fsp3) is 0.360. The molecule has 2 amide bonds. The number of carbonyl (C=O) groups excluding carboxylic acids is 2. The minimum absolute atomic E-state index is 0.0486. The van der Waals surface area contributed by atoms with Crippen LogP contribution in [0.5, 0.6) is 11.5 Å². The van der Waals surface area contributed by atoms with Gasteiger partial charge in [-0.2, -0.15) is 0 Å². The van der Waals surface area contributed by atoms with Gasteiger partial charge in [0, 0.05) is 31.5 Å². The maximum atomic E-state index is 13.4. The summed E-state index contributed by atoms with van der Waals surface area (Å²) in [7, 11) is 5.00. The molecule has 0 radical (unpaired) electrons. The number of nitrogens with zero attached hydrogens (tertiary/aromatic N) is 3. The topological polar surface area (TPSA) is 77.2 Å². The first-order valence-corrected chi connectivity index (χ1v) is 10.9. The number of aromatic nitrogens is 1. The molecule has 0 aliphatic carbocycles. The first-order valence-electron chi connectivity index (χ1n) is 10.9. The SMILES string of the molecule is CCCN(CC(=O)N(Cc1ccco1)Cc1cccn1C)C(=O)c1ccc(OC)cc1OC. The number of aryl methyl sites for hydroxylation is 1. The van der Waals surface area contributed by atoms with E-state index in [0.29, 0.717) is 48.9 Å². The fourth-order valence-corrected chi connectivity index (χ4v) is 3.61. The predicted molar refractivity (Wildman–Crippen MR) is 124 cm³/mol. The number of benzene rings is 1. The first kappa shape index (κ1) is 24.0. The van der Waals surface area contributed by atoms with Crippen LogP contribution >= 0.6 is 0 Å². The molecule has 0 bridgehead atoms. The van der Waals surface area contributed by atoms with Crippen LogP contribution in [0.25, 0.3) is 0 Å². The van der Waals surface area contributed by atoms with Crippen LogP contribution in [0.4, 0.5) is 0 Å². The lowest BCUT2D eigenvalue weighted by atomic mass is 10.1. The van der Waals surface area contributed by atoms with Crippen LogP contribution in [0.3, 0.4) is 0 Å². The maximum absolute atomic E-state index is 13.4. The Bertz CT molecular complexity index is 1060. The summed E-state index contributed by atoms with van der Waals surface area (Å²) in [6, 6.07) is 12.6. The molecule has 0 saturated heterocycles. The number of rotatable bonds is 11. The van der Waals surface area contributed by atoms with Crippen molar-refractivity contribution in [2.45, 2.75) is 26.4 Å². The Balaban J connectivity index is 1.82. The highest BCUT2D eigenvalue weighted by Crippen LogP contribution is 2.26. The van der Waals surface area contributed by atoms with Crippen molar-refractivity contribution >= 4 is 11.8 Å². The second-order valence-corrected chi connectivity index (χ2v) is 7.73. The third-order valence-corrected chi connectivity index (χ3v) is 5.43. The van der Waals surface area contributed by atoms with E-state index in [1.807, 2.05) is 42.9 Å². The molecule has 0 aliphatic heterocycles. The van der Waals surface area contributed by atoms with Crippen molar-refractivity contribution in [3.8, 4) is 11.5 Å². The second kappa shape index (κ2) is 11.3. The van der Waals surface area contributed by atoms with Crippen molar-refractivity contribution in [3.05, 3.63) is 71.9 Å². The van der Waals surface area contributed by atoms with Crippen molar-refractivity contribution in [1.82, 2.24) is 14.4 Å². The maximum Gasteiger partial charge on any atom is 0.258 e. The summed E-state index contributed by atoms with van der Waals surface area (Å²) in [4.78, 5) is 30.1. The summed E-state index contributed by atoms with van der Waals surface area (Å²) in [6.07, 6.45) is 4.24. The van der Waals surface area contributed by atoms with Gasteiger partial charge in [-0.1, -0.05) is 6.92 Å². The molecule has 0 atom stereocenters. The smallest absolute Gasteiger partial charge is 0.258 e. The van der Waals surface area contributed by atoms with Gasteiger partial charge in [0.1, 0.15) is 23.8 Å². The molecule has 3 rings (SSSR count). The molecule has 0 saturated carbocycles. The van der Waals surface area contributed by atoms with Gasteiger partial charge < -0.3 is 28.3 Å². The molecule has 0 fully saturated rings. The van der Waals surface area contributed by atoms with Crippen LogP contribution in [-0.2, 0) is 24.9 Å². The van der Waals surface area contributed by atoms with Crippen LogP contribution in [0, 0.1) is 0 Å². The van der Waals surface area contributed by atoms with Crippen molar-refractivity contribution in [1.29, 1.82) is 0 Å². The lowest BCUT2D eigenvalue weighted by Crippen LogP contribution is -2.43. The predicted octanol–water partition coefficient (Wildman–Crippen LogP) is 3.72. The van der Waals surface area contributed by atoms with E-state index < -0.39 is 0 Å². The summed E-state index contributed by atoms with van der Waals surface area (Å²) < 4.78 is 18.1. The molecule has 8 heteroatoms. The van der Waals surface area contributed by atoms with Crippen molar-refractivity contribution in [2.24, 2.45) is 7.05 Å². The van der Waals surface area contributed by atoms with E-state index in [2.05, 4.69) is 0 Å². The van der Waals surface area contributed by atoms with E-state index in [0.717, 1.165) is 5.69 Å². The number of hydrogen-bond donors (Lipinski definition) is 0. The normalized spacial score (nSPS) is 10.7. The largest absolute Gasteiger partial charge is 0.497 e. The van der Waals surface area contributed by atoms with Gasteiger partial charge in [-0.15, -0.1) is 0 Å². The quantitative estimate of drug-likeness (QED) is 0.442. The number of furan rings is 1. The van der Waals surface area contributed by atoms with E-state index in [9.17, 15) is 9.59 Å². The summed E-state index contributed by atoms with van der Waals surface area (Å²) >= 11 is 0. The summed E-state index contributed by atoms with van der Waals surface area (Å²) in [6.45, 7) is 3.09. The number of methoxy groups -OCH3 is 2. The Morgan fingerprint density at radius 1 is 1.03 bits per heavy atom. The molecule has 0 aliphatic rings. The average Bonchev–Trinajstić information content (AvgIpc) is 3.49. The number of amides is 2. The fourth-order valence-electron chi connectivity index (χ4n) is 3.61. The zero-order chi connectivity index (χ0) is 23.8. The summed E-state index contributed by atoms with van der Waals surface area (Å²) in [5, 5.41) is 0. The summed E-state index contributed by atoms with van der Waals surface area (Å²) in [5.74, 6) is 1.25. The molecule has 8 nitrogen and oxygen atoms in total. The van der Waals surface area contributed by atoms with Crippen LogP contribution < -0.4 is 9.47 Å². The molecule has 1 aromatic carbocycles. The Morgan fingerprint density at radius 2 is 1.85 bits per heavy atom. The van der Waals surface area contributed by atoms with Gasteiger partial charge in [0.25, 0.3) is 5.91 Å². The van der Waals surface area contributed by atoms with E-state index in [4.69, 9.17) is 13.9 Å². The van der Waals surface area contributed by atoms with Gasteiger partial charge in [0.05, 0.1) is 39.1 Å². The molecular weight excluding hydrogens is 422 g/mol. The zero-order valence-electron chi connectivity index (χ0n) is 19.6. The Hall–Kier alpha value is -3.68.